The van der Waals surface area contributed by atoms with Crippen LogP contribution in [-0.4, -0.2) is 46.4 Å². The Hall–Kier alpha value is -2.74. The van der Waals surface area contributed by atoms with Crippen LogP contribution in [0.25, 0.3) is 11.3 Å². The number of urea groups is 1. The van der Waals surface area contributed by atoms with E-state index in [1.807, 2.05) is 36.6 Å². The van der Waals surface area contributed by atoms with E-state index in [0.717, 1.165) is 39.6 Å². The SMILES string of the molecule is Cc1nc(-c2ccc(CCNC(=O)CN3C(=O)NC4(CCC(C(C)(C)C)CC4)C3=O)cc2)cs1. The molecule has 1 saturated carbocycles. The summed E-state index contributed by atoms with van der Waals surface area (Å²) in [7, 11) is 0. The highest BCUT2D eigenvalue weighted by molar-refractivity contribution is 7.09. The Bertz CT molecular complexity index is 1060. The van der Waals surface area contributed by atoms with E-state index < -0.39 is 11.6 Å². The summed E-state index contributed by atoms with van der Waals surface area (Å²) in [6.07, 6.45) is 3.73. The maximum Gasteiger partial charge on any atom is 0.325 e. The number of nitrogens with one attached hydrogen (secondary N) is 2. The fraction of sp³-hybridized carbons (Fsp3) is 0.538. The van der Waals surface area contributed by atoms with Crippen molar-refractivity contribution in [3.8, 4) is 11.3 Å². The van der Waals surface area contributed by atoms with Crippen LogP contribution in [0.5, 0.6) is 0 Å². The van der Waals surface area contributed by atoms with Crippen molar-refractivity contribution in [2.45, 2.75) is 65.3 Å². The molecular formula is C26H34N4O3S. The number of aromatic nitrogens is 1. The van der Waals surface area contributed by atoms with Crippen molar-refractivity contribution < 1.29 is 14.4 Å². The number of hydrogen-bond donors (Lipinski definition) is 2. The molecule has 34 heavy (non-hydrogen) atoms. The molecule has 0 radical (unpaired) electrons. The summed E-state index contributed by atoms with van der Waals surface area (Å²) in [5, 5.41) is 8.83. The fourth-order valence-electron chi connectivity index (χ4n) is 5.02. The van der Waals surface area contributed by atoms with Gasteiger partial charge in [-0.1, -0.05) is 45.0 Å². The lowest BCUT2D eigenvalue weighted by molar-refractivity contribution is -0.136. The molecule has 0 unspecified atom stereocenters. The van der Waals surface area contributed by atoms with Crippen LogP contribution < -0.4 is 10.6 Å². The Morgan fingerprint density at radius 1 is 1.21 bits per heavy atom. The third-order valence-electron chi connectivity index (χ3n) is 7.22. The molecule has 0 atom stereocenters. The minimum atomic E-state index is -0.837. The van der Waals surface area contributed by atoms with Crippen molar-refractivity contribution in [1.29, 1.82) is 0 Å². The smallest absolute Gasteiger partial charge is 0.325 e. The van der Waals surface area contributed by atoms with Crippen molar-refractivity contribution >= 4 is 29.2 Å². The van der Waals surface area contributed by atoms with Crippen molar-refractivity contribution in [2.24, 2.45) is 11.3 Å². The van der Waals surface area contributed by atoms with Crippen LogP contribution in [0.3, 0.4) is 0 Å². The minimum absolute atomic E-state index is 0.187. The maximum atomic E-state index is 13.1. The Morgan fingerprint density at radius 3 is 2.47 bits per heavy atom. The number of imide groups is 1. The molecule has 2 N–H and O–H groups in total. The van der Waals surface area contributed by atoms with Gasteiger partial charge in [0.2, 0.25) is 5.91 Å². The molecule has 7 nitrogen and oxygen atoms in total. The Kier molecular flexibility index (Phi) is 6.80. The molecule has 4 amide bonds. The van der Waals surface area contributed by atoms with Gasteiger partial charge in [0, 0.05) is 17.5 Å². The topological polar surface area (TPSA) is 91.4 Å². The molecule has 1 aromatic carbocycles. The summed E-state index contributed by atoms with van der Waals surface area (Å²) >= 11 is 1.63. The molecule has 1 aromatic heterocycles. The number of nitrogens with zero attached hydrogens (tertiary/aromatic N) is 2. The van der Waals surface area contributed by atoms with Crippen LogP contribution in [0.1, 0.15) is 57.0 Å². The summed E-state index contributed by atoms with van der Waals surface area (Å²) in [4.78, 5) is 43.7. The van der Waals surface area contributed by atoms with E-state index in [-0.39, 0.29) is 23.8 Å². The largest absolute Gasteiger partial charge is 0.354 e. The van der Waals surface area contributed by atoms with Crippen molar-refractivity contribution in [3.63, 3.8) is 0 Å². The van der Waals surface area contributed by atoms with Crippen LogP contribution in [0.15, 0.2) is 29.6 Å². The Labute approximate surface area is 205 Å². The quantitative estimate of drug-likeness (QED) is 0.601. The molecule has 8 heteroatoms. The van der Waals surface area contributed by atoms with Gasteiger partial charge in [-0.2, -0.15) is 0 Å². The number of amides is 4. The molecule has 2 heterocycles. The Morgan fingerprint density at radius 2 is 1.88 bits per heavy atom. The van der Waals surface area contributed by atoms with Gasteiger partial charge in [0.05, 0.1) is 10.7 Å². The van der Waals surface area contributed by atoms with Gasteiger partial charge in [-0.05, 0) is 55.9 Å². The van der Waals surface area contributed by atoms with E-state index in [0.29, 0.717) is 31.7 Å². The maximum absolute atomic E-state index is 13.1. The van der Waals surface area contributed by atoms with Gasteiger partial charge >= 0.3 is 6.03 Å². The molecule has 182 valence electrons. The first-order chi connectivity index (χ1) is 16.1. The lowest BCUT2D eigenvalue weighted by atomic mass is 9.67. The molecule has 4 rings (SSSR count). The van der Waals surface area contributed by atoms with Gasteiger partial charge in [-0.3, -0.25) is 14.5 Å². The van der Waals surface area contributed by atoms with Gasteiger partial charge in [0.1, 0.15) is 12.1 Å². The number of thiazole rings is 1. The van der Waals surface area contributed by atoms with Crippen LogP contribution in [0.4, 0.5) is 4.79 Å². The third-order valence-corrected chi connectivity index (χ3v) is 7.99. The van der Waals surface area contributed by atoms with Gasteiger partial charge in [0.25, 0.3) is 5.91 Å². The normalized spacial score (nSPS) is 22.8. The zero-order valence-corrected chi connectivity index (χ0v) is 21.3. The monoisotopic (exact) mass is 482 g/mol. The van der Waals surface area contributed by atoms with Crippen LogP contribution in [0, 0.1) is 18.3 Å². The first kappa shape index (κ1) is 24.4. The second-order valence-electron chi connectivity index (χ2n) is 10.6. The van der Waals surface area contributed by atoms with E-state index in [2.05, 4.69) is 36.4 Å². The standard InChI is InChI=1S/C26H34N4O3S/c1-17-28-21(16-34-17)19-7-5-18(6-8-19)11-14-27-22(31)15-30-23(32)26(29-24(30)33)12-9-20(10-13-26)25(2,3)4/h5-8,16,20H,9-15H2,1-4H3,(H,27,31)(H,29,33). The molecule has 1 aliphatic carbocycles. The van der Waals surface area contributed by atoms with Crippen molar-refractivity contribution in [2.75, 3.05) is 13.1 Å². The lowest BCUT2D eigenvalue weighted by Crippen LogP contribution is -2.51. The van der Waals surface area contributed by atoms with Crippen molar-refractivity contribution in [1.82, 2.24) is 20.5 Å². The summed E-state index contributed by atoms with van der Waals surface area (Å²) in [5.41, 5.74) is 2.49. The molecule has 2 fully saturated rings. The summed E-state index contributed by atoms with van der Waals surface area (Å²) < 4.78 is 0. The molecule has 2 aliphatic rings. The number of benzene rings is 1. The summed E-state index contributed by atoms with van der Waals surface area (Å²) in [6.45, 7) is 8.85. The highest BCUT2D eigenvalue weighted by Gasteiger charge is 2.53. The van der Waals surface area contributed by atoms with Crippen LogP contribution in [-0.2, 0) is 16.0 Å². The van der Waals surface area contributed by atoms with E-state index in [1.54, 1.807) is 11.3 Å². The van der Waals surface area contributed by atoms with Gasteiger partial charge < -0.3 is 10.6 Å². The lowest BCUT2D eigenvalue weighted by Gasteiger charge is -2.40. The van der Waals surface area contributed by atoms with Gasteiger partial charge in [0.15, 0.2) is 0 Å². The average molecular weight is 483 g/mol. The molecule has 1 aliphatic heterocycles. The first-order valence-corrected chi connectivity index (χ1v) is 12.9. The minimum Gasteiger partial charge on any atom is -0.354 e. The van der Waals surface area contributed by atoms with E-state index in [4.69, 9.17) is 0 Å². The highest BCUT2D eigenvalue weighted by Crippen LogP contribution is 2.43. The van der Waals surface area contributed by atoms with Crippen molar-refractivity contribution in [3.05, 3.63) is 40.2 Å². The number of rotatable bonds is 6. The predicted octanol–water partition coefficient (Wildman–Crippen LogP) is 4.30. The van der Waals surface area contributed by atoms with Crippen LogP contribution in [0.2, 0.25) is 0 Å². The molecule has 1 saturated heterocycles. The number of carbonyl (C=O) groups excluding carboxylic acids is 3. The summed E-state index contributed by atoms with van der Waals surface area (Å²) in [5.74, 6) is -0.0498. The Balaban J connectivity index is 1.25. The third kappa shape index (κ3) is 5.17. The molecule has 1 spiro atoms. The second-order valence-corrected chi connectivity index (χ2v) is 11.7. The second kappa shape index (κ2) is 9.49. The van der Waals surface area contributed by atoms with E-state index in [9.17, 15) is 14.4 Å². The molecular weight excluding hydrogens is 448 g/mol. The predicted molar refractivity (Wildman–Crippen MR) is 133 cm³/mol. The summed E-state index contributed by atoms with van der Waals surface area (Å²) in [6, 6.07) is 7.68. The number of hydrogen-bond acceptors (Lipinski definition) is 5. The van der Waals surface area contributed by atoms with E-state index >= 15 is 0 Å². The van der Waals surface area contributed by atoms with E-state index in [1.165, 1.54) is 0 Å². The number of carbonyl (C=O) groups is 3. The fourth-order valence-corrected chi connectivity index (χ4v) is 5.64. The first-order valence-electron chi connectivity index (χ1n) is 12.0. The zero-order valence-electron chi connectivity index (χ0n) is 20.4. The van der Waals surface area contributed by atoms with Gasteiger partial charge in [-0.25, -0.2) is 9.78 Å². The van der Waals surface area contributed by atoms with Crippen LogP contribution >= 0.6 is 11.3 Å². The highest BCUT2D eigenvalue weighted by atomic mass is 32.1. The zero-order chi connectivity index (χ0) is 24.5. The van der Waals surface area contributed by atoms with Gasteiger partial charge in [-0.15, -0.1) is 11.3 Å². The molecule has 0 bridgehead atoms. The number of aryl methyl sites for hydroxylation is 1. The molecule has 2 aromatic rings. The average Bonchev–Trinajstić information content (AvgIpc) is 3.31.